The maximum Gasteiger partial charge on any atom is 0.112 e. The van der Waals surface area contributed by atoms with Crippen LogP contribution in [0.1, 0.15) is 0 Å². The molecule has 0 unspecified atom stereocenters. The maximum atomic E-state index is 3.71. The number of hydrogen-bond acceptors (Lipinski definition) is 3. The summed E-state index contributed by atoms with van der Waals surface area (Å²) < 4.78 is 1.53. The lowest BCUT2D eigenvalue weighted by atomic mass is 10.9. The zero-order valence-electron chi connectivity index (χ0n) is 4.52. The van der Waals surface area contributed by atoms with Crippen LogP contribution in [0.3, 0.4) is 0 Å². The molecule has 4 heteroatoms. The Bertz CT molecular complexity index is 164. The molecule has 0 aliphatic rings. The highest BCUT2D eigenvalue weighted by molar-refractivity contribution is 5.55. The van der Waals surface area contributed by atoms with E-state index in [9.17, 15) is 0 Å². The minimum atomic E-state index is 1.53. The molecule has 0 amide bonds. The molecule has 1 aromatic rings. The number of hydrogen-bond donors (Lipinski definition) is 0. The monoisotopic (exact) mass is 110 g/mol. The van der Waals surface area contributed by atoms with Gasteiger partial charge < -0.3 is 0 Å². The quantitative estimate of drug-likeness (QED) is 0.370. The average molecular weight is 110 g/mol. The summed E-state index contributed by atoms with van der Waals surface area (Å²) in [5, 5.41) is 7.19. The number of aromatic nitrogens is 3. The van der Waals surface area contributed by atoms with Crippen LogP contribution in [-0.2, 0) is 0 Å². The van der Waals surface area contributed by atoms with Gasteiger partial charge in [-0.3, -0.25) is 4.99 Å². The first kappa shape index (κ1) is 4.96. The van der Waals surface area contributed by atoms with E-state index in [0.717, 1.165) is 0 Å². The van der Waals surface area contributed by atoms with Crippen LogP contribution in [0.25, 0.3) is 0 Å². The molecule has 0 aliphatic heterocycles. The number of rotatable bonds is 1. The van der Waals surface area contributed by atoms with Crippen LogP contribution in [0.2, 0.25) is 0 Å². The van der Waals surface area contributed by atoms with Crippen molar-refractivity contribution in [2.24, 2.45) is 4.99 Å². The van der Waals surface area contributed by atoms with Crippen molar-refractivity contribution >= 4 is 6.34 Å². The summed E-state index contributed by atoms with van der Waals surface area (Å²) in [6.07, 6.45) is 4.89. The largest absolute Gasteiger partial charge is 0.277 e. The van der Waals surface area contributed by atoms with Gasteiger partial charge in [0.2, 0.25) is 0 Å². The van der Waals surface area contributed by atoms with Gasteiger partial charge in [-0.1, -0.05) is 5.21 Å². The highest BCUT2D eigenvalue weighted by Gasteiger charge is 1.77. The molecule has 0 N–H and O–H groups in total. The fourth-order valence-corrected chi connectivity index (χ4v) is 0.397. The second-order valence-electron chi connectivity index (χ2n) is 1.26. The summed E-state index contributed by atoms with van der Waals surface area (Å²) in [4.78, 5) is 3.71. The van der Waals surface area contributed by atoms with Crippen LogP contribution in [0.15, 0.2) is 17.4 Å². The summed E-state index contributed by atoms with van der Waals surface area (Å²) in [5.74, 6) is 0. The first-order valence-corrected chi connectivity index (χ1v) is 2.21. The van der Waals surface area contributed by atoms with Crippen molar-refractivity contribution in [2.75, 3.05) is 7.05 Å². The van der Waals surface area contributed by atoms with Gasteiger partial charge in [-0.15, -0.1) is 5.10 Å². The molecule has 8 heavy (non-hydrogen) atoms. The van der Waals surface area contributed by atoms with Crippen molar-refractivity contribution in [3.05, 3.63) is 12.4 Å². The Morgan fingerprint density at radius 1 is 1.75 bits per heavy atom. The molecule has 42 valence electrons. The fourth-order valence-electron chi connectivity index (χ4n) is 0.397. The second-order valence-corrected chi connectivity index (χ2v) is 1.26. The van der Waals surface area contributed by atoms with Crippen LogP contribution in [0.5, 0.6) is 0 Å². The number of nitrogens with zero attached hydrogens (tertiary/aromatic N) is 4. The molecule has 0 bridgehead atoms. The number of aliphatic imine (C=N–C) groups is 1. The van der Waals surface area contributed by atoms with E-state index in [1.807, 2.05) is 0 Å². The molecule has 1 rings (SSSR count). The lowest BCUT2D eigenvalue weighted by molar-refractivity contribution is 0.854. The van der Waals surface area contributed by atoms with Crippen LogP contribution in [0, 0.1) is 0 Å². The zero-order chi connectivity index (χ0) is 5.82. The molecular weight excluding hydrogens is 104 g/mol. The highest BCUT2D eigenvalue weighted by Crippen LogP contribution is 1.70. The standard InChI is InChI=1S/C4H6N4/c1-5-4-8-3-2-6-7-8/h2-4H,1H3. The normalized spacial score (nSPS) is 10.6. The minimum absolute atomic E-state index is 1.53. The fraction of sp³-hybridized carbons (Fsp3) is 0.250. The average Bonchev–Trinajstić information content (AvgIpc) is 2.19. The van der Waals surface area contributed by atoms with Crippen molar-refractivity contribution in [1.29, 1.82) is 0 Å². The molecule has 0 radical (unpaired) electrons. The van der Waals surface area contributed by atoms with Gasteiger partial charge in [-0.05, 0) is 0 Å². The summed E-state index contributed by atoms with van der Waals surface area (Å²) >= 11 is 0. The third-order valence-electron chi connectivity index (χ3n) is 0.675. The minimum Gasteiger partial charge on any atom is -0.277 e. The maximum absolute atomic E-state index is 3.71. The molecule has 0 saturated heterocycles. The Morgan fingerprint density at radius 2 is 2.62 bits per heavy atom. The molecule has 0 saturated carbocycles. The van der Waals surface area contributed by atoms with Crippen molar-refractivity contribution in [1.82, 2.24) is 15.0 Å². The van der Waals surface area contributed by atoms with E-state index in [1.165, 1.54) is 4.68 Å². The molecule has 0 aliphatic carbocycles. The second kappa shape index (κ2) is 2.20. The van der Waals surface area contributed by atoms with E-state index in [1.54, 1.807) is 25.8 Å². The van der Waals surface area contributed by atoms with Gasteiger partial charge in [-0.25, -0.2) is 4.68 Å². The molecule has 0 atom stereocenters. The summed E-state index contributed by atoms with van der Waals surface area (Å²) in [6.45, 7) is 0. The lowest BCUT2D eigenvalue weighted by Gasteiger charge is -1.80. The van der Waals surface area contributed by atoms with Crippen LogP contribution >= 0.6 is 0 Å². The van der Waals surface area contributed by atoms with Crippen LogP contribution in [0.4, 0.5) is 0 Å². The van der Waals surface area contributed by atoms with Crippen molar-refractivity contribution in [2.45, 2.75) is 0 Å². The Kier molecular flexibility index (Phi) is 1.37. The molecule has 1 heterocycles. The first-order chi connectivity index (χ1) is 3.93. The van der Waals surface area contributed by atoms with Gasteiger partial charge in [0.05, 0.1) is 12.4 Å². The summed E-state index contributed by atoms with van der Waals surface area (Å²) in [6, 6.07) is 0. The predicted molar refractivity (Wildman–Crippen MR) is 29.8 cm³/mol. The SMILES string of the molecule is CN=Cn1ccnn1. The highest BCUT2D eigenvalue weighted by atomic mass is 15.4. The zero-order valence-corrected chi connectivity index (χ0v) is 4.52. The Hall–Kier alpha value is -1.19. The van der Waals surface area contributed by atoms with Gasteiger partial charge in [-0.2, -0.15) is 0 Å². The van der Waals surface area contributed by atoms with Crippen molar-refractivity contribution in [3.63, 3.8) is 0 Å². The van der Waals surface area contributed by atoms with E-state index in [4.69, 9.17) is 0 Å². The van der Waals surface area contributed by atoms with Crippen LogP contribution < -0.4 is 0 Å². The van der Waals surface area contributed by atoms with Crippen LogP contribution in [-0.4, -0.2) is 28.4 Å². The predicted octanol–water partition coefficient (Wildman–Crippen LogP) is -0.216. The van der Waals surface area contributed by atoms with Gasteiger partial charge in [0.25, 0.3) is 0 Å². The van der Waals surface area contributed by atoms with E-state index >= 15 is 0 Å². The molecule has 4 nitrogen and oxygen atoms in total. The molecule has 1 aromatic heterocycles. The van der Waals surface area contributed by atoms with Gasteiger partial charge in [0, 0.05) is 7.05 Å². The van der Waals surface area contributed by atoms with Gasteiger partial charge in [0.15, 0.2) is 0 Å². The Labute approximate surface area is 46.9 Å². The van der Waals surface area contributed by atoms with E-state index < -0.39 is 0 Å². The van der Waals surface area contributed by atoms with E-state index in [-0.39, 0.29) is 0 Å². The molecule has 0 fully saturated rings. The third-order valence-corrected chi connectivity index (χ3v) is 0.675. The van der Waals surface area contributed by atoms with Gasteiger partial charge >= 0.3 is 0 Å². The molecular formula is C4H6N4. The first-order valence-electron chi connectivity index (χ1n) is 2.21. The summed E-state index contributed by atoms with van der Waals surface area (Å²) in [5.41, 5.74) is 0. The van der Waals surface area contributed by atoms with Gasteiger partial charge in [0.1, 0.15) is 6.34 Å². The van der Waals surface area contributed by atoms with Crippen molar-refractivity contribution in [3.8, 4) is 0 Å². The molecule has 0 aromatic carbocycles. The van der Waals surface area contributed by atoms with E-state index in [2.05, 4.69) is 15.3 Å². The third kappa shape index (κ3) is 0.900. The Balaban J connectivity index is 2.77. The lowest BCUT2D eigenvalue weighted by Crippen LogP contribution is -1.94. The Morgan fingerprint density at radius 3 is 3.12 bits per heavy atom. The smallest absolute Gasteiger partial charge is 0.112 e. The topological polar surface area (TPSA) is 43.1 Å². The molecule has 0 spiro atoms. The van der Waals surface area contributed by atoms with E-state index in [0.29, 0.717) is 0 Å². The summed E-state index contributed by atoms with van der Waals surface area (Å²) in [7, 11) is 1.68. The van der Waals surface area contributed by atoms with Crippen molar-refractivity contribution < 1.29 is 0 Å².